The third-order valence-corrected chi connectivity index (χ3v) is 5.76. The summed E-state index contributed by atoms with van der Waals surface area (Å²) in [4.78, 5) is 31.3. The molecule has 7 heteroatoms. The maximum absolute atomic E-state index is 12.8. The summed E-state index contributed by atoms with van der Waals surface area (Å²) in [5, 5.41) is 2.96. The van der Waals surface area contributed by atoms with Crippen molar-refractivity contribution in [1.82, 2.24) is 10.3 Å². The van der Waals surface area contributed by atoms with Gasteiger partial charge >= 0.3 is 0 Å². The highest BCUT2D eigenvalue weighted by Gasteiger charge is 2.36. The molecule has 0 radical (unpaired) electrons. The van der Waals surface area contributed by atoms with Gasteiger partial charge in [-0.25, -0.2) is 4.98 Å². The molecule has 2 amide bonds. The van der Waals surface area contributed by atoms with E-state index in [9.17, 15) is 9.59 Å². The first-order chi connectivity index (χ1) is 14.7. The average Bonchev–Trinajstić information content (AvgIpc) is 3.42. The van der Waals surface area contributed by atoms with E-state index < -0.39 is 5.92 Å². The van der Waals surface area contributed by atoms with Crippen LogP contribution in [0.4, 0.5) is 5.69 Å². The van der Waals surface area contributed by atoms with Crippen LogP contribution >= 0.6 is 0 Å². The lowest BCUT2D eigenvalue weighted by atomic mass is 10.1. The van der Waals surface area contributed by atoms with Crippen LogP contribution in [0.1, 0.15) is 37.7 Å². The number of aromatic nitrogens is 1. The van der Waals surface area contributed by atoms with Gasteiger partial charge in [0, 0.05) is 31.3 Å². The van der Waals surface area contributed by atoms with Gasteiger partial charge in [0.1, 0.15) is 11.9 Å². The van der Waals surface area contributed by atoms with Crippen molar-refractivity contribution in [3.05, 3.63) is 48.2 Å². The predicted octanol–water partition coefficient (Wildman–Crippen LogP) is 3.08. The van der Waals surface area contributed by atoms with Crippen molar-refractivity contribution >= 4 is 17.5 Å². The van der Waals surface area contributed by atoms with E-state index >= 15 is 0 Å². The first kappa shape index (κ1) is 20.2. The van der Waals surface area contributed by atoms with Crippen LogP contribution in [0.15, 0.2) is 42.6 Å². The average molecular weight is 409 g/mol. The number of hydrogen-bond acceptors (Lipinski definition) is 5. The Morgan fingerprint density at radius 2 is 2.00 bits per heavy atom. The number of amides is 2. The van der Waals surface area contributed by atoms with Crippen LogP contribution in [0.5, 0.6) is 11.6 Å². The Balaban J connectivity index is 1.38. The van der Waals surface area contributed by atoms with Crippen molar-refractivity contribution in [1.29, 1.82) is 0 Å². The molecule has 7 nitrogen and oxygen atoms in total. The Bertz CT molecular complexity index is 911. The molecule has 1 aromatic carbocycles. The Morgan fingerprint density at radius 1 is 1.20 bits per heavy atom. The van der Waals surface area contributed by atoms with E-state index in [1.807, 2.05) is 36.4 Å². The zero-order chi connectivity index (χ0) is 20.9. The molecule has 0 spiro atoms. The van der Waals surface area contributed by atoms with Gasteiger partial charge < -0.3 is 19.7 Å². The zero-order valence-electron chi connectivity index (χ0n) is 17.2. The number of methoxy groups -OCH3 is 1. The van der Waals surface area contributed by atoms with E-state index in [2.05, 4.69) is 10.3 Å². The lowest BCUT2D eigenvalue weighted by molar-refractivity contribution is -0.126. The fourth-order valence-corrected chi connectivity index (χ4v) is 4.12. The summed E-state index contributed by atoms with van der Waals surface area (Å²) >= 11 is 0. The minimum atomic E-state index is -0.404. The summed E-state index contributed by atoms with van der Waals surface area (Å²) in [6.07, 6.45) is 6.55. The van der Waals surface area contributed by atoms with E-state index in [1.54, 1.807) is 18.2 Å². The van der Waals surface area contributed by atoms with E-state index in [0.29, 0.717) is 30.4 Å². The molecule has 30 heavy (non-hydrogen) atoms. The fourth-order valence-electron chi connectivity index (χ4n) is 4.12. The SMILES string of the molecule is COc1ccccc1N1CC(C(=O)NCc2cccnc2OC2CCCC2)CC1=O. The summed E-state index contributed by atoms with van der Waals surface area (Å²) in [6, 6.07) is 11.1. The second-order valence-corrected chi connectivity index (χ2v) is 7.79. The molecule has 2 aromatic rings. The summed E-state index contributed by atoms with van der Waals surface area (Å²) in [6.45, 7) is 0.664. The van der Waals surface area contributed by atoms with Crippen molar-refractivity contribution in [2.24, 2.45) is 5.92 Å². The van der Waals surface area contributed by atoms with Crippen molar-refractivity contribution in [2.75, 3.05) is 18.6 Å². The quantitative estimate of drug-likeness (QED) is 0.760. The van der Waals surface area contributed by atoms with Crippen LogP contribution in [0.2, 0.25) is 0 Å². The van der Waals surface area contributed by atoms with E-state index in [4.69, 9.17) is 9.47 Å². The number of carbonyl (C=O) groups is 2. The van der Waals surface area contributed by atoms with Crippen LogP contribution in [0, 0.1) is 5.92 Å². The molecule has 158 valence electrons. The standard InChI is InChI=1S/C23H27N3O4/c1-29-20-11-5-4-10-19(20)26-15-17(13-21(26)27)22(28)25-14-16-7-6-12-24-23(16)30-18-8-2-3-9-18/h4-7,10-12,17-18H,2-3,8-9,13-15H2,1H3,(H,25,28). The van der Waals surface area contributed by atoms with Crippen molar-refractivity contribution in [2.45, 2.75) is 44.8 Å². The topological polar surface area (TPSA) is 80.8 Å². The highest BCUT2D eigenvalue weighted by atomic mass is 16.5. The van der Waals surface area contributed by atoms with Gasteiger partial charge in [0.15, 0.2) is 0 Å². The fraction of sp³-hybridized carbons (Fsp3) is 0.435. The summed E-state index contributed by atoms with van der Waals surface area (Å²) in [7, 11) is 1.57. The van der Waals surface area contributed by atoms with Gasteiger partial charge in [-0.15, -0.1) is 0 Å². The maximum Gasteiger partial charge on any atom is 0.227 e. The van der Waals surface area contributed by atoms with E-state index in [1.165, 1.54) is 12.8 Å². The van der Waals surface area contributed by atoms with E-state index in [-0.39, 0.29) is 24.3 Å². The molecule has 0 bridgehead atoms. The molecule has 1 unspecified atom stereocenters. The van der Waals surface area contributed by atoms with Gasteiger partial charge in [0.25, 0.3) is 0 Å². The first-order valence-corrected chi connectivity index (χ1v) is 10.5. The third-order valence-electron chi connectivity index (χ3n) is 5.76. The van der Waals surface area contributed by atoms with Gasteiger partial charge in [0.2, 0.25) is 17.7 Å². The molecule has 1 N–H and O–H groups in total. The van der Waals surface area contributed by atoms with Crippen LogP contribution < -0.4 is 19.7 Å². The number of hydrogen-bond donors (Lipinski definition) is 1. The molecule has 1 atom stereocenters. The highest BCUT2D eigenvalue weighted by Crippen LogP contribution is 2.33. The largest absolute Gasteiger partial charge is 0.495 e. The minimum Gasteiger partial charge on any atom is -0.495 e. The molecule has 1 aromatic heterocycles. The molecular weight excluding hydrogens is 382 g/mol. The normalized spacial score (nSPS) is 19.2. The van der Waals surface area contributed by atoms with Gasteiger partial charge in [-0.1, -0.05) is 18.2 Å². The molecule has 2 heterocycles. The van der Waals surface area contributed by atoms with Crippen LogP contribution in [0.3, 0.4) is 0 Å². The van der Waals surface area contributed by atoms with Gasteiger partial charge in [0.05, 0.1) is 18.7 Å². The highest BCUT2D eigenvalue weighted by molar-refractivity contribution is 6.01. The van der Waals surface area contributed by atoms with Gasteiger partial charge in [-0.3, -0.25) is 9.59 Å². The number of para-hydroxylation sites is 2. The summed E-state index contributed by atoms with van der Waals surface area (Å²) in [5.41, 5.74) is 1.54. The van der Waals surface area contributed by atoms with Crippen LogP contribution in [0.25, 0.3) is 0 Å². The number of anilines is 1. The maximum atomic E-state index is 12.8. The number of carbonyl (C=O) groups excluding carboxylic acids is 2. The molecule has 4 rings (SSSR count). The number of pyridine rings is 1. The van der Waals surface area contributed by atoms with Crippen LogP contribution in [-0.4, -0.2) is 36.6 Å². The molecule has 1 aliphatic carbocycles. The van der Waals surface area contributed by atoms with Crippen molar-refractivity contribution in [3.8, 4) is 11.6 Å². The lowest BCUT2D eigenvalue weighted by Crippen LogP contribution is -2.33. The Morgan fingerprint density at radius 3 is 2.80 bits per heavy atom. The predicted molar refractivity (Wildman–Crippen MR) is 112 cm³/mol. The van der Waals surface area contributed by atoms with Crippen molar-refractivity contribution < 1.29 is 19.1 Å². The molecule has 1 saturated carbocycles. The lowest BCUT2D eigenvalue weighted by Gasteiger charge is -2.19. The molecular formula is C23H27N3O4. The third kappa shape index (κ3) is 4.40. The van der Waals surface area contributed by atoms with Gasteiger partial charge in [-0.2, -0.15) is 0 Å². The van der Waals surface area contributed by atoms with E-state index in [0.717, 1.165) is 18.4 Å². The summed E-state index contributed by atoms with van der Waals surface area (Å²) in [5.74, 6) is 0.583. The second kappa shape index (κ2) is 9.15. The van der Waals surface area contributed by atoms with Crippen molar-refractivity contribution in [3.63, 3.8) is 0 Å². The number of benzene rings is 1. The second-order valence-electron chi connectivity index (χ2n) is 7.79. The monoisotopic (exact) mass is 409 g/mol. The summed E-state index contributed by atoms with van der Waals surface area (Å²) < 4.78 is 11.4. The first-order valence-electron chi connectivity index (χ1n) is 10.5. The molecule has 2 fully saturated rings. The van der Waals surface area contributed by atoms with Gasteiger partial charge in [-0.05, 0) is 43.9 Å². The Labute approximate surface area is 176 Å². The number of ether oxygens (including phenoxy) is 2. The molecule has 1 saturated heterocycles. The van der Waals surface area contributed by atoms with Crippen LogP contribution in [-0.2, 0) is 16.1 Å². The number of nitrogens with one attached hydrogen (secondary N) is 1. The Kier molecular flexibility index (Phi) is 6.16. The molecule has 2 aliphatic rings. The zero-order valence-corrected chi connectivity index (χ0v) is 17.2. The number of rotatable bonds is 7. The molecule has 1 aliphatic heterocycles. The minimum absolute atomic E-state index is 0.0775. The smallest absolute Gasteiger partial charge is 0.227 e. The Hall–Kier alpha value is -3.09. The number of nitrogens with zero attached hydrogens (tertiary/aromatic N) is 2.